The molecule has 37 heavy (non-hydrogen) atoms. The number of alkyl halides is 3. The van der Waals surface area contributed by atoms with Crippen molar-refractivity contribution in [3.63, 3.8) is 0 Å². The summed E-state index contributed by atoms with van der Waals surface area (Å²) in [5, 5.41) is 12.2. The molecule has 0 aromatic carbocycles. The number of hydrogen-bond donors (Lipinski definition) is 2. The molecule has 2 aromatic rings. The number of rotatable bonds is 4. The van der Waals surface area contributed by atoms with Crippen molar-refractivity contribution in [2.24, 2.45) is 11.3 Å². The summed E-state index contributed by atoms with van der Waals surface area (Å²) in [6.45, 7) is 2.35. The topological polar surface area (TPSA) is 99.9 Å². The van der Waals surface area contributed by atoms with Crippen LogP contribution < -0.4 is 5.32 Å². The number of aliphatic hydroxyl groups excluding tert-OH is 1. The van der Waals surface area contributed by atoms with Crippen molar-refractivity contribution in [2.45, 2.75) is 50.6 Å². The fourth-order valence-electron chi connectivity index (χ4n) is 6.66. The average molecular weight is 522 g/mol. The van der Waals surface area contributed by atoms with E-state index in [0.717, 1.165) is 24.7 Å². The number of aromatic nitrogens is 2. The Morgan fingerprint density at radius 2 is 2.03 bits per heavy atom. The van der Waals surface area contributed by atoms with Crippen LogP contribution in [0.4, 0.5) is 18.0 Å². The van der Waals surface area contributed by atoms with Gasteiger partial charge in [0.15, 0.2) is 0 Å². The van der Waals surface area contributed by atoms with Gasteiger partial charge in [0.05, 0.1) is 24.3 Å². The Labute approximate surface area is 211 Å². The molecule has 200 valence electrons. The zero-order chi connectivity index (χ0) is 25.9. The first-order valence-corrected chi connectivity index (χ1v) is 12.8. The molecule has 6 rings (SSSR count). The second kappa shape index (κ2) is 8.87. The maximum absolute atomic E-state index is 13.4. The Morgan fingerprint density at radius 1 is 1.24 bits per heavy atom. The SMILES string of the molecule is O=C1CO[C@H]2CCN(C(=O)N3CC4(CC(Cc5ccc6c(C(F)(F)F)cn(CCO)c6n5)C4)C3)C[C@H]2N1. The van der Waals surface area contributed by atoms with Gasteiger partial charge in [0.25, 0.3) is 0 Å². The summed E-state index contributed by atoms with van der Waals surface area (Å²) in [6.07, 6.45) is -0.200. The lowest BCUT2D eigenvalue weighted by molar-refractivity contribution is -0.140. The van der Waals surface area contributed by atoms with Crippen molar-refractivity contribution in [1.82, 2.24) is 24.7 Å². The zero-order valence-electron chi connectivity index (χ0n) is 20.3. The van der Waals surface area contributed by atoms with Gasteiger partial charge in [-0.3, -0.25) is 4.79 Å². The number of hydrogen-bond acceptors (Lipinski definition) is 5. The smallest absolute Gasteiger partial charge is 0.395 e. The summed E-state index contributed by atoms with van der Waals surface area (Å²) >= 11 is 0. The maximum Gasteiger partial charge on any atom is 0.418 e. The molecule has 5 heterocycles. The zero-order valence-corrected chi connectivity index (χ0v) is 20.3. The van der Waals surface area contributed by atoms with Crippen LogP contribution in [0.2, 0.25) is 0 Å². The summed E-state index contributed by atoms with van der Waals surface area (Å²) in [6, 6.07) is 3.00. The number of carbonyl (C=O) groups is 2. The van der Waals surface area contributed by atoms with Gasteiger partial charge in [-0.2, -0.15) is 13.2 Å². The van der Waals surface area contributed by atoms with Gasteiger partial charge in [0.1, 0.15) is 12.3 Å². The van der Waals surface area contributed by atoms with Crippen molar-refractivity contribution < 1.29 is 32.6 Å². The lowest BCUT2D eigenvalue weighted by Crippen LogP contribution is -2.68. The predicted molar refractivity (Wildman–Crippen MR) is 126 cm³/mol. The van der Waals surface area contributed by atoms with Gasteiger partial charge < -0.3 is 29.5 Å². The molecule has 1 aliphatic carbocycles. The van der Waals surface area contributed by atoms with E-state index in [1.54, 1.807) is 11.0 Å². The van der Waals surface area contributed by atoms with E-state index < -0.39 is 11.7 Å². The number of amides is 3. The van der Waals surface area contributed by atoms with E-state index in [1.807, 2.05) is 4.90 Å². The highest BCUT2D eigenvalue weighted by Crippen LogP contribution is 2.53. The number of pyridine rings is 1. The first-order valence-electron chi connectivity index (χ1n) is 12.8. The molecule has 0 unspecified atom stereocenters. The highest BCUT2D eigenvalue weighted by atomic mass is 19.4. The molecule has 9 nitrogen and oxygen atoms in total. The van der Waals surface area contributed by atoms with Crippen LogP contribution >= 0.6 is 0 Å². The lowest BCUT2D eigenvalue weighted by atomic mass is 9.57. The van der Waals surface area contributed by atoms with E-state index in [-0.39, 0.29) is 60.3 Å². The number of carbonyl (C=O) groups excluding carboxylic acids is 2. The Balaban J connectivity index is 1.04. The van der Waals surface area contributed by atoms with Crippen LogP contribution in [0.5, 0.6) is 0 Å². The molecular formula is C25H30F3N5O4. The minimum absolute atomic E-state index is 0.00424. The van der Waals surface area contributed by atoms with E-state index in [4.69, 9.17) is 4.74 Å². The fourth-order valence-corrected chi connectivity index (χ4v) is 6.66. The monoisotopic (exact) mass is 521 g/mol. The van der Waals surface area contributed by atoms with E-state index in [0.29, 0.717) is 44.9 Å². The van der Waals surface area contributed by atoms with Crippen molar-refractivity contribution >= 4 is 23.0 Å². The lowest BCUT2D eigenvalue weighted by Gasteiger charge is -2.60. The van der Waals surface area contributed by atoms with Crippen LogP contribution in [0.15, 0.2) is 18.3 Å². The van der Waals surface area contributed by atoms with E-state index in [9.17, 15) is 27.9 Å². The van der Waals surface area contributed by atoms with Crippen molar-refractivity contribution in [1.29, 1.82) is 0 Å². The Kier molecular flexibility index (Phi) is 5.86. The molecule has 0 bridgehead atoms. The molecule has 2 atom stereocenters. The minimum Gasteiger partial charge on any atom is -0.395 e. The number of nitrogens with zero attached hydrogens (tertiary/aromatic N) is 4. The standard InChI is InChI=1S/C25H30F3N5O4/c26-25(27,28)18-10-31(5-6-34)22-17(18)2-1-16(29-22)7-15-8-24(9-15)13-33(14-24)23(36)32-4-3-20-19(11-32)30-21(35)12-37-20/h1-2,10,15,19-20,34H,3-9,11-14H2,(H,30,35)/t19-,20+/m1/s1. The molecule has 4 aliphatic rings. The number of aliphatic hydroxyl groups is 1. The second-order valence-electron chi connectivity index (χ2n) is 11.0. The van der Waals surface area contributed by atoms with Gasteiger partial charge in [0.2, 0.25) is 5.91 Å². The third-order valence-corrected chi connectivity index (χ3v) is 8.29. The molecular weight excluding hydrogens is 491 g/mol. The highest BCUT2D eigenvalue weighted by molar-refractivity contribution is 5.81. The summed E-state index contributed by atoms with van der Waals surface area (Å²) in [5.74, 6) is 0.228. The molecule has 1 saturated carbocycles. The van der Waals surface area contributed by atoms with Crippen LogP contribution in [0.3, 0.4) is 0 Å². The van der Waals surface area contributed by atoms with E-state index in [2.05, 4.69) is 10.3 Å². The molecule has 1 spiro atoms. The number of halogens is 3. The van der Waals surface area contributed by atoms with Crippen LogP contribution in [0.1, 0.15) is 30.5 Å². The number of ether oxygens (including phenoxy) is 1. The number of fused-ring (bicyclic) bond motifs is 2. The largest absolute Gasteiger partial charge is 0.418 e. The third-order valence-electron chi connectivity index (χ3n) is 8.29. The van der Waals surface area contributed by atoms with E-state index >= 15 is 0 Å². The molecule has 2 aromatic heterocycles. The molecule has 3 saturated heterocycles. The molecule has 12 heteroatoms. The molecule has 3 aliphatic heterocycles. The van der Waals surface area contributed by atoms with Crippen LogP contribution in [-0.4, -0.2) is 87.9 Å². The minimum atomic E-state index is -4.48. The van der Waals surface area contributed by atoms with Gasteiger partial charge in [-0.15, -0.1) is 0 Å². The average Bonchev–Trinajstić information content (AvgIpc) is 3.17. The summed E-state index contributed by atoms with van der Waals surface area (Å²) in [4.78, 5) is 32.8. The van der Waals surface area contributed by atoms with Gasteiger partial charge in [-0.1, -0.05) is 0 Å². The summed E-state index contributed by atoms with van der Waals surface area (Å²) < 4.78 is 47.2. The van der Waals surface area contributed by atoms with Crippen molar-refractivity contribution in [2.75, 3.05) is 39.4 Å². The molecule has 3 amide bonds. The summed E-state index contributed by atoms with van der Waals surface area (Å²) in [7, 11) is 0. The predicted octanol–water partition coefficient (Wildman–Crippen LogP) is 2.01. The normalized spacial score (nSPS) is 25.6. The maximum atomic E-state index is 13.4. The van der Waals surface area contributed by atoms with E-state index in [1.165, 1.54) is 10.6 Å². The Hall–Kier alpha value is -2.86. The number of urea groups is 1. The molecule has 0 radical (unpaired) electrons. The van der Waals surface area contributed by atoms with Gasteiger partial charge in [-0.05, 0) is 43.7 Å². The van der Waals surface area contributed by atoms with Crippen molar-refractivity contribution in [3.05, 3.63) is 29.6 Å². The number of nitrogens with one attached hydrogen (secondary N) is 1. The van der Waals surface area contributed by atoms with Gasteiger partial charge in [-0.25, -0.2) is 9.78 Å². The van der Waals surface area contributed by atoms with Crippen LogP contribution in [0.25, 0.3) is 11.0 Å². The first kappa shape index (κ1) is 24.5. The third kappa shape index (κ3) is 4.43. The first-order chi connectivity index (χ1) is 17.6. The van der Waals surface area contributed by atoms with Crippen LogP contribution in [0, 0.1) is 11.3 Å². The Bertz CT molecular complexity index is 1220. The summed E-state index contributed by atoms with van der Waals surface area (Å²) in [5.41, 5.74) is 0.368. The van der Waals surface area contributed by atoms with Crippen LogP contribution in [-0.2, 0) is 28.7 Å². The second-order valence-corrected chi connectivity index (χ2v) is 11.0. The number of piperidine rings is 1. The fraction of sp³-hybridized carbons (Fsp3) is 0.640. The quantitative estimate of drug-likeness (QED) is 0.642. The van der Waals surface area contributed by atoms with Crippen molar-refractivity contribution in [3.8, 4) is 0 Å². The van der Waals surface area contributed by atoms with Gasteiger partial charge >= 0.3 is 12.2 Å². The number of morpholine rings is 1. The molecule has 2 N–H and O–H groups in total. The van der Waals surface area contributed by atoms with Gasteiger partial charge in [0, 0.05) is 55.4 Å². The number of likely N-dealkylation sites (tertiary alicyclic amines) is 2. The highest BCUT2D eigenvalue weighted by Gasteiger charge is 2.54. The molecule has 4 fully saturated rings. The Morgan fingerprint density at radius 3 is 2.76 bits per heavy atom.